The molecular weight excluding hydrogens is 326 g/mol. The third-order valence-corrected chi connectivity index (χ3v) is 5.01. The SMILES string of the molecule is CCN(C(=O)N[C@H]1CCCc2cc(OC(F)F)ccc21)[C@H](C)C(C)C. The number of urea groups is 1. The minimum atomic E-state index is -2.83. The van der Waals surface area contributed by atoms with Crippen LogP contribution in [0.4, 0.5) is 13.6 Å². The molecule has 0 radical (unpaired) electrons. The zero-order chi connectivity index (χ0) is 18.6. The van der Waals surface area contributed by atoms with Crippen molar-refractivity contribution in [3.05, 3.63) is 29.3 Å². The average Bonchev–Trinajstić information content (AvgIpc) is 2.54. The molecule has 4 nitrogen and oxygen atoms in total. The summed E-state index contributed by atoms with van der Waals surface area (Å²) >= 11 is 0. The van der Waals surface area contributed by atoms with E-state index in [2.05, 4.69) is 30.8 Å². The maximum absolute atomic E-state index is 12.7. The van der Waals surface area contributed by atoms with Crippen LogP contribution in [0.1, 0.15) is 57.7 Å². The van der Waals surface area contributed by atoms with Crippen molar-refractivity contribution in [2.45, 2.75) is 65.7 Å². The van der Waals surface area contributed by atoms with Crippen LogP contribution in [-0.2, 0) is 6.42 Å². The number of nitrogens with zero attached hydrogens (tertiary/aromatic N) is 1. The Morgan fingerprint density at radius 3 is 2.68 bits per heavy atom. The van der Waals surface area contributed by atoms with Crippen molar-refractivity contribution in [2.24, 2.45) is 5.92 Å². The molecule has 1 aromatic carbocycles. The largest absolute Gasteiger partial charge is 0.435 e. The summed E-state index contributed by atoms with van der Waals surface area (Å²) in [5.74, 6) is 0.544. The quantitative estimate of drug-likeness (QED) is 0.801. The van der Waals surface area contributed by atoms with Crippen LogP contribution in [0.15, 0.2) is 18.2 Å². The Morgan fingerprint density at radius 2 is 2.08 bits per heavy atom. The van der Waals surface area contributed by atoms with Crippen LogP contribution in [0.2, 0.25) is 0 Å². The van der Waals surface area contributed by atoms with Gasteiger partial charge in [-0.15, -0.1) is 0 Å². The van der Waals surface area contributed by atoms with Gasteiger partial charge in [-0.3, -0.25) is 0 Å². The van der Waals surface area contributed by atoms with Crippen molar-refractivity contribution < 1.29 is 18.3 Å². The molecule has 0 saturated heterocycles. The summed E-state index contributed by atoms with van der Waals surface area (Å²) in [5, 5.41) is 3.12. The number of aryl methyl sites for hydroxylation is 1. The van der Waals surface area contributed by atoms with Crippen molar-refractivity contribution in [1.29, 1.82) is 0 Å². The number of alkyl halides is 2. The highest BCUT2D eigenvalue weighted by molar-refractivity contribution is 5.75. The van der Waals surface area contributed by atoms with Gasteiger partial charge in [0.25, 0.3) is 0 Å². The van der Waals surface area contributed by atoms with Crippen molar-refractivity contribution in [1.82, 2.24) is 10.2 Å². The van der Waals surface area contributed by atoms with E-state index < -0.39 is 6.61 Å². The van der Waals surface area contributed by atoms with Gasteiger partial charge in [0.05, 0.1) is 6.04 Å². The number of nitrogens with one attached hydrogen (secondary N) is 1. The van der Waals surface area contributed by atoms with Gasteiger partial charge in [0.2, 0.25) is 0 Å². The number of fused-ring (bicyclic) bond motifs is 1. The van der Waals surface area contributed by atoms with Crippen LogP contribution in [0.3, 0.4) is 0 Å². The number of carbonyl (C=O) groups excluding carboxylic acids is 1. The first-order chi connectivity index (χ1) is 11.8. The summed E-state index contributed by atoms with van der Waals surface area (Å²) in [5.41, 5.74) is 1.96. The molecule has 0 fully saturated rings. The van der Waals surface area contributed by atoms with Crippen LogP contribution in [0.5, 0.6) is 5.75 Å². The predicted octanol–water partition coefficient (Wildman–Crippen LogP) is 4.74. The molecule has 0 heterocycles. The summed E-state index contributed by atoms with van der Waals surface area (Å²) in [6, 6.07) is 4.98. The van der Waals surface area contributed by atoms with Gasteiger partial charge >= 0.3 is 12.6 Å². The van der Waals surface area contributed by atoms with Crippen molar-refractivity contribution >= 4 is 6.03 Å². The Morgan fingerprint density at radius 1 is 1.36 bits per heavy atom. The summed E-state index contributed by atoms with van der Waals surface area (Å²) in [6.07, 6.45) is 2.56. The molecular formula is C19H28F2N2O2. The maximum atomic E-state index is 12.7. The molecule has 1 aromatic rings. The lowest BCUT2D eigenvalue weighted by molar-refractivity contribution is -0.0499. The zero-order valence-corrected chi connectivity index (χ0v) is 15.4. The second-order valence-corrected chi connectivity index (χ2v) is 6.90. The van der Waals surface area contributed by atoms with Gasteiger partial charge in [0.15, 0.2) is 0 Å². The van der Waals surface area contributed by atoms with Gasteiger partial charge < -0.3 is 15.0 Å². The standard InChI is InChI=1S/C19H28F2N2O2/c1-5-23(13(4)12(2)3)19(24)22-17-8-6-7-14-11-15(25-18(20)21)9-10-16(14)17/h9-13,17-18H,5-8H2,1-4H3,(H,22,24)/t13-,17+/m1/s1. The monoisotopic (exact) mass is 354 g/mol. The van der Waals surface area contributed by atoms with Gasteiger partial charge in [-0.25, -0.2) is 4.79 Å². The number of rotatable bonds is 6. The predicted molar refractivity (Wildman–Crippen MR) is 94.0 cm³/mol. The molecule has 1 aliphatic carbocycles. The fourth-order valence-corrected chi connectivity index (χ4v) is 3.33. The first-order valence-corrected chi connectivity index (χ1v) is 8.98. The highest BCUT2D eigenvalue weighted by Gasteiger charge is 2.27. The van der Waals surface area contributed by atoms with E-state index in [0.29, 0.717) is 12.5 Å². The fraction of sp³-hybridized carbons (Fsp3) is 0.632. The molecule has 140 valence electrons. The van der Waals surface area contributed by atoms with Crippen LogP contribution in [0.25, 0.3) is 0 Å². The van der Waals surface area contributed by atoms with Crippen LogP contribution in [0, 0.1) is 5.92 Å². The Kier molecular flexibility index (Phi) is 6.62. The van der Waals surface area contributed by atoms with E-state index in [0.717, 1.165) is 30.4 Å². The van der Waals surface area contributed by atoms with Gasteiger partial charge in [0.1, 0.15) is 5.75 Å². The van der Waals surface area contributed by atoms with E-state index >= 15 is 0 Å². The number of hydrogen-bond donors (Lipinski definition) is 1. The maximum Gasteiger partial charge on any atom is 0.387 e. The van der Waals surface area contributed by atoms with Crippen LogP contribution >= 0.6 is 0 Å². The van der Waals surface area contributed by atoms with Gasteiger partial charge in [-0.2, -0.15) is 8.78 Å². The third-order valence-electron chi connectivity index (χ3n) is 5.01. The molecule has 2 atom stereocenters. The van der Waals surface area contributed by atoms with Crippen molar-refractivity contribution in [3.63, 3.8) is 0 Å². The lowest BCUT2D eigenvalue weighted by Crippen LogP contribution is -2.48. The van der Waals surface area contributed by atoms with E-state index in [4.69, 9.17) is 0 Å². The van der Waals surface area contributed by atoms with E-state index in [9.17, 15) is 13.6 Å². The minimum Gasteiger partial charge on any atom is -0.435 e. The zero-order valence-electron chi connectivity index (χ0n) is 15.4. The number of amides is 2. The Balaban J connectivity index is 2.13. The molecule has 0 aliphatic heterocycles. The number of hydrogen-bond acceptors (Lipinski definition) is 2. The van der Waals surface area contributed by atoms with E-state index in [-0.39, 0.29) is 23.9 Å². The molecule has 0 saturated carbocycles. The second kappa shape index (κ2) is 8.50. The van der Waals surface area contributed by atoms with Gasteiger partial charge in [-0.05, 0) is 62.3 Å². The summed E-state index contributed by atoms with van der Waals surface area (Å²) < 4.78 is 29.3. The van der Waals surface area contributed by atoms with Crippen LogP contribution in [-0.4, -0.2) is 30.1 Å². The van der Waals surface area contributed by atoms with Gasteiger partial charge in [-0.1, -0.05) is 19.9 Å². The number of carbonyl (C=O) groups is 1. The Bertz CT molecular complexity index is 593. The fourth-order valence-electron chi connectivity index (χ4n) is 3.33. The van der Waals surface area contributed by atoms with Crippen molar-refractivity contribution in [3.8, 4) is 5.75 Å². The molecule has 2 rings (SSSR count). The summed E-state index contributed by atoms with van der Waals surface area (Å²) in [7, 11) is 0. The molecule has 0 spiro atoms. The lowest BCUT2D eigenvalue weighted by atomic mass is 9.87. The number of benzene rings is 1. The summed E-state index contributed by atoms with van der Waals surface area (Å²) in [4.78, 5) is 14.5. The highest BCUT2D eigenvalue weighted by atomic mass is 19.3. The molecule has 6 heteroatoms. The molecule has 0 unspecified atom stereocenters. The van der Waals surface area contributed by atoms with Crippen molar-refractivity contribution in [2.75, 3.05) is 6.54 Å². The number of ether oxygens (including phenoxy) is 1. The average molecular weight is 354 g/mol. The topological polar surface area (TPSA) is 41.6 Å². The molecule has 25 heavy (non-hydrogen) atoms. The lowest BCUT2D eigenvalue weighted by Gasteiger charge is -2.34. The number of halogens is 2. The first-order valence-electron chi connectivity index (χ1n) is 8.98. The van der Waals surface area contributed by atoms with Crippen LogP contribution < -0.4 is 10.1 Å². The smallest absolute Gasteiger partial charge is 0.387 e. The second-order valence-electron chi connectivity index (χ2n) is 6.90. The van der Waals surface area contributed by atoms with Gasteiger partial charge in [0, 0.05) is 12.6 Å². The van der Waals surface area contributed by atoms with E-state index in [1.54, 1.807) is 18.2 Å². The van der Waals surface area contributed by atoms with E-state index in [1.807, 2.05) is 11.8 Å². The molecule has 1 aliphatic rings. The molecule has 0 bridgehead atoms. The molecule has 0 aromatic heterocycles. The Hall–Kier alpha value is -1.85. The summed E-state index contributed by atoms with van der Waals surface area (Å²) in [6.45, 7) is 6.04. The van der Waals surface area contributed by atoms with E-state index in [1.165, 1.54) is 0 Å². The third kappa shape index (κ3) is 4.83. The molecule has 2 amide bonds. The Labute approximate surface area is 148 Å². The first kappa shape index (κ1) is 19.5. The molecule has 1 N–H and O–H groups in total. The minimum absolute atomic E-state index is 0.0746. The highest BCUT2D eigenvalue weighted by Crippen LogP contribution is 2.33. The normalized spacial score (nSPS) is 18.0.